The third-order valence-electron chi connectivity index (χ3n) is 2.18. The Morgan fingerprint density at radius 2 is 1.88 bits per heavy atom. The summed E-state index contributed by atoms with van der Waals surface area (Å²) in [6.45, 7) is 1.77. The topological polar surface area (TPSA) is 42.4 Å². The van der Waals surface area contributed by atoms with Gasteiger partial charge in [0.1, 0.15) is 11.5 Å². The Morgan fingerprint density at radius 1 is 1.19 bits per heavy atom. The maximum Gasteiger partial charge on any atom is 0.152 e. The van der Waals surface area contributed by atoms with Gasteiger partial charge in [-0.25, -0.2) is 0 Å². The van der Waals surface area contributed by atoms with E-state index >= 15 is 0 Å². The number of nitrogens with zero attached hydrogens (tertiary/aromatic N) is 1. The van der Waals surface area contributed by atoms with E-state index in [4.69, 9.17) is 16.3 Å². The predicted molar refractivity (Wildman–Crippen MR) is 62.2 cm³/mol. The number of halogens is 1. The summed E-state index contributed by atoms with van der Waals surface area (Å²) in [5.41, 5.74) is 0.657. The predicted octanol–water partition coefficient (Wildman–Crippen LogP) is 3.54. The summed E-state index contributed by atoms with van der Waals surface area (Å²) in [5.74, 6) is 1.30. The average molecular weight is 236 g/mol. The molecule has 0 aliphatic rings. The van der Waals surface area contributed by atoms with Crippen LogP contribution in [0.3, 0.4) is 0 Å². The van der Waals surface area contributed by atoms with E-state index in [2.05, 4.69) is 4.98 Å². The SMILES string of the molecule is Cc1c(O)cncc1Oc1ccc(Cl)cc1. The lowest BCUT2D eigenvalue weighted by atomic mass is 10.2. The van der Waals surface area contributed by atoms with Crippen LogP contribution in [-0.4, -0.2) is 10.1 Å². The van der Waals surface area contributed by atoms with Crippen LogP contribution in [0.25, 0.3) is 0 Å². The Hall–Kier alpha value is -1.74. The number of pyridine rings is 1. The third kappa shape index (κ3) is 2.25. The highest BCUT2D eigenvalue weighted by Gasteiger charge is 2.05. The molecule has 2 rings (SSSR count). The minimum atomic E-state index is 0.117. The summed E-state index contributed by atoms with van der Waals surface area (Å²) >= 11 is 5.76. The van der Waals surface area contributed by atoms with E-state index in [1.807, 2.05) is 0 Å². The van der Waals surface area contributed by atoms with Gasteiger partial charge in [0.2, 0.25) is 0 Å². The highest BCUT2D eigenvalue weighted by Crippen LogP contribution is 2.29. The third-order valence-corrected chi connectivity index (χ3v) is 2.44. The van der Waals surface area contributed by atoms with Crippen LogP contribution in [-0.2, 0) is 0 Å². The molecule has 0 bridgehead atoms. The molecule has 0 saturated carbocycles. The van der Waals surface area contributed by atoms with E-state index in [0.717, 1.165) is 0 Å². The molecule has 16 heavy (non-hydrogen) atoms. The van der Waals surface area contributed by atoms with Crippen LogP contribution in [0.15, 0.2) is 36.7 Å². The molecule has 0 fully saturated rings. The first-order valence-electron chi connectivity index (χ1n) is 4.74. The molecule has 82 valence electrons. The Kier molecular flexibility index (Phi) is 2.97. The number of ether oxygens (including phenoxy) is 1. The van der Waals surface area contributed by atoms with Crippen molar-refractivity contribution < 1.29 is 9.84 Å². The second-order valence-corrected chi connectivity index (χ2v) is 3.77. The Morgan fingerprint density at radius 3 is 2.56 bits per heavy atom. The van der Waals surface area contributed by atoms with Crippen molar-refractivity contribution in [2.24, 2.45) is 0 Å². The van der Waals surface area contributed by atoms with Crippen LogP contribution < -0.4 is 4.74 Å². The summed E-state index contributed by atoms with van der Waals surface area (Å²) in [4.78, 5) is 3.86. The van der Waals surface area contributed by atoms with Gasteiger partial charge in [0.05, 0.1) is 12.4 Å². The monoisotopic (exact) mass is 235 g/mol. The molecular weight excluding hydrogens is 226 g/mol. The lowest BCUT2D eigenvalue weighted by Crippen LogP contribution is -1.89. The fourth-order valence-corrected chi connectivity index (χ4v) is 1.35. The quantitative estimate of drug-likeness (QED) is 0.866. The maximum absolute atomic E-state index is 9.46. The van der Waals surface area contributed by atoms with Gasteiger partial charge in [-0.2, -0.15) is 0 Å². The molecule has 1 N–H and O–H groups in total. The van der Waals surface area contributed by atoms with E-state index in [9.17, 15) is 5.11 Å². The van der Waals surface area contributed by atoms with Crippen LogP contribution in [0.4, 0.5) is 0 Å². The zero-order valence-corrected chi connectivity index (χ0v) is 9.40. The smallest absolute Gasteiger partial charge is 0.152 e. The van der Waals surface area contributed by atoms with E-state index in [0.29, 0.717) is 22.1 Å². The van der Waals surface area contributed by atoms with Crippen LogP contribution in [0.2, 0.25) is 5.02 Å². The Balaban J connectivity index is 2.27. The van der Waals surface area contributed by atoms with Gasteiger partial charge in [0.15, 0.2) is 5.75 Å². The molecule has 0 amide bonds. The van der Waals surface area contributed by atoms with Crippen molar-refractivity contribution >= 4 is 11.6 Å². The lowest BCUT2D eigenvalue weighted by Gasteiger charge is -2.08. The molecule has 0 aliphatic heterocycles. The highest BCUT2D eigenvalue weighted by atomic mass is 35.5. The van der Waals surface area contributed by atoms with E-state index in [1.54, 1.807) is 37.4 Å². The van der Waals surface area contributed by atoms with Crippen molar-refractivity contribution in [1.29, 1.82) is 0 Å². The molecule has 2 aromatic rings. The van der Waals surface area contributed by atoms with Gasteiger partial charge < -0.3 is 9.84 Å². The van der Waals surface area contributed by atoms with Gasteiger partial charge in [-0.05, 0) is 31.2 Å². The van der Waals surface area contributed by atoms with Crippen molar-refractivity contribution in [3.05, 3.63) is 47.2 Å². The first-order valence-corrected chi connectivity index (χ1v) is 5.11. The van der Waals surface area contributed by atoms with Gasteiger partial charge >= 0.3 is 0 Å². The van der Waals surface area contributed by atoms with Gasteiger partial charge in [0.25, 0.3) is 0 Å². The Labute approximate surface area is 98.3 Å². The number of rotatable bonds is 2. The minimum absolute atomic E-state index is 0.117. The second-order valence-electron chi connectivity index (χ2n) is 3.34. The number of benzene rings is 1. The van der Waals surface area contributed by atoms with E-state index < -0.39 is 0 Å². The molecular formula is C12H10ClNO2. The van der Waals surface area contributed by atoms with Gasteiger partial charge in [-0.1, -0.05) is 11.6 Å². The molecule has 1 heterocycles. The minimum Gasteiger partial charge on any atom is -0.506 e. The fourth-order valence-electron chi connectivity index (χ4n) is 1.23. The second kappa shape index (κ2) is 4.41. The molecule has 0 radical (unpaired) electrons. The summed E-state index contributed by atoms with van der Waals surface area (Å²) in [6, 6.07) is 6.99. The lowest BCUT2D eigenvalue weighted by molar-refractivity contribution is 0.444. The molecule has 0 atom stereocenters. The molecule has 3 nitrogen and oxygen atoms in total. The molecule has 0 unspecified atom stereocenters. The number of aromatic nitrogens is 1. The first-order chi connectivity index (χ1) is 7.66. The average Bonchev–Trinajstić information content (AvgIpc) is 2.28. The fraction of sp³-hybridized carbons (Fsp3) is 0.0833. The number of hydrogen-bond acceptors (Lipinski definition) is 3. The zero-order chi connectivity index (χ0) is 11.5. The van der Waals surface area contributed by atoms with Crippen molar-refractivity contribution in [1.82, 2.24) is 4.98 Å². The van der Waals surface area contributed by atoms with Crippen molar-refractivity contribution in [2.75, 3.05) is 0 Å². The summed E-state index contributed by atoms with van der Waals surface area (Å²) in [5, 5.41) is 10.1. The van der Waals surface area contributed by atoms with Crippen LogP contribution in [0.1, 0.15) is 5.56 Å². The maximum atomic E-state index is 9.46. The van der Waals surface area contributed by atoms with Crippen LogP contribution >= 0.6 is 11.6 Å². The number of hydrogen-bond donors (Lipinski definition) is 1. The summed E-state index contributed by atoms with van der Waals surface area (Å²) < 4.78 is 5.56. The van der Waals surface area contributed by atoms with E-state index in [1.165, 1.54) is 6.20 Å². The largest absolute Gasteiger partial charge is 0.506 e. The molecule has 1 aromatic carbocycles. The van der Waals surface area contributed by atoms with Crippen molar-refractivity contribution in [3.8, 4) is 17.2 Å². The molecule has 0 saturated heterocycles. The van der Waals surface area contributed by atoms with Gasteiger partial charge in [0, 0.05) is 10.6 Å². The van der Waals surface area contributed by atoms with Crippen molar-refractivity contribution in [3.63, 3.8) is 0 Å². The standard InChI is InChI=1S/C12H10ClNO2/c1-8-11(15)6-14-7-12(8)16-10-4-2-9(13)3-5-10/h2-7,15H,1H3. The Bertz CT molecular complexity index is 497. The number of aromatic hydroxyl groups is 1. The molecule has 4 heteroatoms. The van der Waals surface area contributed by atoms with Gasteiger partial charge in [-0.3, -0.25) is 4.98 Å². The zero-order valence-electron chi connectivity index (χ0n) is 8.64. The highest BCUT2D eigenvalue weighted by molar-refractivity contribution is 6.30. The normalized spacial score (nSPS) is 10.1. The molecule has 0 aliphatic carbocycles. The molecule has 1 aromatic heterocycles. The van der Waals surface area contributed by atoms with Crippen LogP contribution in [0, 0.1) is 6.92 Å². The van der Waals surface area contributed by atoms with Crippen molar-refractivity contribution in [2.45, 2.75) is 6.92 Å². The summed E-state index contributed by atoms with van der Waals surface area (Å²) in [7, 11) is 0. The molecule has 0 spiro atoms. The summed E-state index contributed by atoms with van der Waals surface area (Å²) in [6.07, 6.45) is 2.94. The first kappa shape index (κ1) is 10.8. The van der Waals surface area contributed by atoms with Crippen LogP contribution in [0.5, 0.6) is 17.2 Å². The van der Waals surface area contributed by atoms with Gasteiger partial charge in [-0.15, -0.1) is 0 Å². The van der Waals surface area contributed by atoms with E-state index in [-0.39, 0.29) is 5.75 Å².